The van der Waals surface area contributed by atoms with E-state index in [0.717, 1.165) is 16.9 Å². The Morgan fingerprint density at radius 2 is 1.85 bits per heavy atom. The maximum Gasteiger partial charge on any atom is 0.333 e. The Kier molecular flexibility index (Phi) is 4.69. The summed E-state index contributed by atoms with van der Waals surface area (Å²) in [5, 5.41) is 2.68. The highest BCUT2D eigenvalue weighted by atomic mass is 16.7. The lowest BCUT2D eigenvalue weighted by molar-refractivity contribution is -0.127. The first kappa shape index (κ1) is 17.0. The summed E-state index contributed by atoms with van der Waals surface area (Å²) < 4.78 is 16.2. The van der Waals surface area contributed by atoms with Gasteiger partial charge >= 0.3 is 6.03 Å². The Bertz CT molecular complexity index is 845. The summed E-state index contributed by atoms with van der Waals surface area (Å²) in [6, 6.07) is 12.6. The van der Waals surface area contributed by atoms with E-state index in [1.807, 2.05) is 42.5 Å². The number of carbonyl (C=O) groups is 2. The van der Waals surface area contributed by atoms with Gasteiger partial charge in [0.25, 0.3) is 5.91 Å². The number of amides is 3. The summed E-state index contributed by atoms with van der Waals surface area (Å²) in [7, 11) is 0. The Labute approximate surface area is 155 Å². The molecule has 2 aromatic rings. The van der Waals surface area contributed by atoms with Gasteiger partial charge in [0.05, 0.1) is 0 Å². The number of ether oxygens (including phenoxy) is 3. The van der Waals surface area contributed by atoms with E-state index < -0.39 is 18.0 Å². The Hall–Kier alpha value is -3.42. The van der Waals surface area contributed by atoms with Gasteiger partial charge in [0, 0.05) is 13.0 Å². The van der Waals surface area contributed by atoms with Crippen LogP contribution in [0.15, 0.2) is 42.5 Å². The van der Waals surface area contributed by atoms with Gasteiger partial charge in [0.1, 0.15) is 5.75 Å². The van der Waals surface area contributed by atoms with Crippen molar-refractivity contribution in [2.24, 2.45) is 0 Å². The van der Waals surface area contributed by atoms with Crippen LogP contribution in [-0.2, 0) is 17.6 Å². The van der Waals surface area contributed by atoms with E-state index in [2.05, 4.69) is 16.2 Å². The molecule has 8 heteroatoms. The molecule has 0 fully saturated rings. The van der Waals surface area contributed by atoms with Gasteiger partial charge in [0.2, 0.25) is 6.79 Å². The van der Waals surface area contributed by atoms with Crippen molar-refractivity contribution >= 4 is 11.9 Å². The van der Waals surface area contributed by atoms with Gasteiger partial charge in [-0.2, -0.15) is 0 Å². The second-order valence-electron chi connectivity index (χ2n) is 6.23. The molecule has 27 heavy (non-hydrogen) atoms. The molecule has 3 amide bonds. The fourth-order valence-electron chi connectivity index (χ4n) is 2.99. The van der Waals surface area contributed by atoms with Crippen molar-refractivity contribution in [1.29, 1.82) is 0 Å². The van der Waals surface area contributed by atoms with Gasteiger partial charge in [-0.3, -0.25) is 10.2 Å². The van der Waals surface area contributed by atoms with E-state index in [0.29, 0.717) is 30.9 Å². The average Bonchev–Trinajstić information content (AvgIpc) is 3.32. The van der Waals surface area contributed by atoms with Crippen molar-refractivity contribution in [3.8, 4) is 17.2 Å². The zero-order valence-electron chi connectivity index (χ0n) is 14.5. The monoisotopic (exact) mass is 369 g/mol. The molecule has 2 aliphatic rings. The van der Waals surface area contributed by atoms with E-state index in [1.165, 1.54) is 0 Å². The number of fused-ring (bicyclic) bond motifs is 2. The van der Waals surface area contributed by atoms with Crippen LogP contribution in [0.1, 0.15) is 11.1 Å². The summed E-state index contributed by atoms with van der Waals surface area (Å²) in [6.45, 7) is 0.641. The summed E-state index contributed by atoms with van der Waals surface area (Å²) >= 11 is 0. The zero-order chi connectivity index (χ0) is 18.6. The van der Waals surface area contributed by atoms with Gasteiger partial charge in [-0.15, -0.1) is 0 Å². The predicted molar refractivity (Wildman–Crippen MR) is 95.5 cm³/mol. The molecule has 1 unspecified atom stereocenters. The molecule has 140 valence electrons. The molecular formula is C19H19N3O5. The zero-order valence-corrected chi connectivity index (χ0v) is 14.5. The van der Waals surface area contributed by atoms with Crippen LogP contribution in [0.5, 0.6) is 17.2 Å². The van der Waals surface area contributed by atoms with Crippen LogP contribution < -0.4 is 30.4 Å². The van der Waals surface area contributed by atoms with Crippen molar-refractivity contribution in [1.82, 2.24) is 16.2 Å². The number of para-hydroxylation sites is 1. The first-order valence-corrected chi connectivity index (χ1v) is 8.66. The molecule has 0 aromatic heterocycles. The summed E-state index contributed by atoms with van der Waals surface area (Å²) in [6.07, 6.45) is 0.463. The summed E-state index contributed by atoms with van der Waals surface area (Å²) in [4.78, 5) is 24.0. The Balaban J connectivity index is 1.17. The first-order chi connectivity index (χ1) is 13.2. The van der Waals surface area contributed by atoms with Crippen LogP contribution >= 0.6 is 0 Å². The topological polar surface area (TPSA) is 97.9 Å². The minimum atomic E-state index is -0.642. The highest BCUT2D eigenvalue weighted by Crippen LogP contribution is 2.32. The number of urea groups is 1. The molecule has 2 aromatic carbocycles. The SMILES string of the molecule is O=C(NCCc1ccc2c(c1)OCO2)NNC(=O)C1Cc2ccccc2O1. The number of rotatable bonds is 4. The molecule has 0 radical (unpaired) electrons. The number of hydrazine groups is 1. The standard InChI is InChI=1S/C19H19N3O5/c23-18(17-10-13-3-1-2-4-14(13)27-17)21-22-19(24)20-8-7-12-5-6-15-16(9-12)26-11-25-15/h1-6,9,17H,7-8,10-11H2,(H,21,23)(H2,20,22,24). The predicted octanol–water partition coefficient (Wildman–Crippen LogP) is 1.29. The Morgan fingerprint density at radius 1 is 1.00 bits per heavy atom. The maximum atomic E-state index is 12.1. The second kappa shape index (κ2) is 7.45. The van der Waals surface area contributed by atoms with Gasteiger partial charge in [-0.1, -0.05) is 24.3 Å². The van der Waals surface area contributed by atoms with E-state index in [9.17, 15) is 9.59 Å². The fourth-order valence-corrected chi connectivity index (χ4v) is 2.99. The van der Waals surface area contributed by atoms with Gasteiger partial charge in [0.15, 0.2) is 17.6 Å². The second-order valence-corrected chi connectivity index (χ2v) is 6.23. The minimum absolute atomic E-state index is 0.231. The maximum absolute atomic E-state index is 12.1. The molecular weight excluding hydrogens is 350 g/mol. The molecule has 0 aliphatic carbocycles. The lowest BCUT2D eigenvalue weighted by Gasteiger charge is -2.13. The van der Waals surface area contributed by atoms with Crippen molar-refractivity contribution in [2.75, 3.05) is 13.3 Å². The van der Waals surface area contributed by atoms with Crippen LogP contribution in [0.3, 0.4) is 0 Å². The van der Waals surface area contributed by atoms with E-state index in [4.69, 9.17) is 14.2 Å². The van der Waals surface area contributed by atoms with Crippen LogP contribution in [0.25, 0.3) is 0 Å². The number of carbonyl (C=O) groups excluding carboxylic acids is 2. The normalized spacial score (nSPS) is 16.2. The molecule has 0 saturated carbocycles. The molecule has 8 nitrogen and oxygen atoms in total. The first-order valence-electron chi connectivity index (χ1n) is 8.66. The number of nitrogens with one attached hydrogen (secondary N) is 3. The number of hydrogen-bond acceptors (Lipinski definition) is 5. The third-order valence-electron chi connectivity index (χ3n) is 4.38. The lowest BCUT2D eigenvalue weighted by Crippen LogP contribution is -2.51. The molecule has 3 N–H and O–H groups in total. The van der Waals surface area contributed by atoms with Crippen LogP contribution in [0.4, 0.5) is 4.79 Å². The van der Waals surface area contributed by atoms with Gasteiger partial charge in [-0.05, 0) is 35.7 Å². The van der Waals surface area contributed by atoms with Crippen molar-refractivity contribution in [2.45, 2.75) is 18.9 Å². The summed E-state index contributed by atoms with van der Waals surface area (Å²) in [5.41, 5.74) is 6.71. The number of benzene rings is 2. The third kappa shape index (κ3) is 3.89. The molecule has 1 atom stereocenters. The van der Waals surface area contributed by atoms with Crippen LogP contribution in [-0.4, -0.2) is 31.4 Å². The highest BCUT2D eigenvalue weighted by Gasteiger charge is 2.28. The van der Waals surface area contributed by atoms with Gasteiger partial charge < -0.3 is 19.5 Å². The van der Waals surface area contributed by atoms with Crippen molar-refractivity contribution in [3.05, 3.63) is 53.6 Å². The van der Waals surface area contributed by atoms with E-state index >= 15 is 0 Å². The van der Waals surface area contributed by atoms with Crippen molar-refractivity contribution < 1.29 is 23.8 Å². The molecule has 2 aliphatic heterocycles. The molecule has 2 heterocycles. The molecule has 4 rings (SSSR count). The third-order valence-corrected chi connectivity index (χ3v) is 4.38. The minimum Gasteiger partial charge on any atom is -0.480 e. The molecule has 0 spiro atoms. The van der Waals surface area contributed by atoms with Gasteiger partial charge in [-0.25, -0.2) is 10.2 Å². The summed E-state index contributed by atoms with van der Waals surface area (Å²) in [5.74, 6) is 1.74. The molecule has 0 saturated heterocycles. The van der Waals surface area contributed by atoms with Crippen molar-refractivity contribution in [3.63, 3.8) is 0 Å². The number of hydrogen-bond donors (Lipinski definition) is 3. The van der Waals surface area contributed by atoms with E-state index in [1.54, 1.807) is 0 Å². The lowest BCUT2D eigenvalue weighted by atomic mass is 10.1. The highest BCUT2D eigenvalue weighted by molar-refractivity contribution is 5.85. The largest absolute Gasteiger partial charge is 0.480 e. The quantitative estimate of drug-likeness (QED) is 0.706. The average molecular weight is 369 g/mol. The van der Waals surface area contributed by atoms with E-state index in [-0.39, 0.29) is 6.79 Å². The molecule has 0 bridgehead atoms. The van der Waals surface area contributed by atoms with Crippen LogP contribution in [0.2, 0.25) is 0 Å². The fraction of sp³-hybridized carbons (Fsp3) is 0.263. The Morgan fingerprint density at radius 3 is 2.74 bits per heavy atom. The van der Waals surface area contributed by atoms with Crippen LogP contribution in [0, 0.1) is 0 Å². The smallest absolute Gasteiger partial charge is 0.333 e.